The van der Waals surface area contributed by atoms with Crippen molar-refractivity contribution in [3.05, 3.63) is 15.0 Å². The molecule has 3 N–H and O–H groups in total. The molecule has 1 aromatic heterocycles. The highest BCUT2D eigenvalue weighted by atomic mass is 32.1. The fourth-order valence-corrected chi connectivity index (χ4v) is 2.19. The van der Waals surface area contributed by atoms with Crippen molar-refractivity contribution in [2.45, 2.75) is 11.6 Å². The normalized spacial score (nSPS) is 10.7. The zero-order chi connectivity index (χ0) is 12.3. The summed E-state index contributed by atoms with van der Waals surface area (Å²) in [6.45, 7) is 0.337. The molecule has 0 aliphatic rings. The molecule has 0 amide bonds. The van der Waals surface area contributed by atoms with Crippen LogP contribution in [0, 0.1) is 9.41 Å². The second-order valence-corrected chi connectivity index (χ2v) is 4.57. The number of thiol groups is 1. The van der Waals surface area contributed by atoms with Crippen molar-refractivity contribution in [3.63, 3.8) is 0 Å². The summed E-state index contributed by atoms with van der Waals surface area (Å²) < 4.78 is 0.880. The van der Waals surface area contributed by atoms with E-state index in [1.54, 1.807) is 11.9 Å². The zero-order valence-corrected chi connectivity index (χ0v) is 11.0. The van der Waals surface area contributed by atoms with Crippen LogP contribution in [-0.2, 0) is 11.3 Å². The Morgan fingerprint density at radius 1 is 1.50 bits per heavy atom. The van der Waals surface area contributed by atoms with Crippen molar-refractivity contribution < 1.29 is 9.90 Å². The van der Waals surface area contributed by atoms with Crippen LogP contribution in [0.1, 0.15) is 5.56 Å². The lowest BCUT2D eigenvalue weighted by atomic mass is 10.3. The molecule has 1 heterocycles. The van der Waals surface area contributed by atoms with Gasteiger partial charge in [0.2, 0.25) is 0 Å². The number of rotatable bonds is 4. The molecule has 88 valence electrons. The van der Waals surface area contributed by atoms with E-state index in [0.717, 1.165) is 5.56 Å². The average Bonchev–Trinajstić information content (AvgIpc) is 2.09. The first-order valence-corrected chi connectivity index (χ1v) is 5.61. The minimum Gasteiger partial charge on any atom is -0.480 e. The largest absolute Gasteiger partial charge is 0.480 e. The molecule has 0 aliphatic heterocycles. The van der Waals surface area contributed by atoms with Crippen LogP contribution in [0.2, 0.25) is 0 Å². The van der Waals surface area contributed by atoms with Gasteiger partial charge < -0.3 is 15.1 Å². The molecule has 1 rings (SSSR count). The third-order valence-corrected chi connectivity index (χ3v) is 2.79. The number of likely N-dealkylation sites (N-methyl/N-ethyl adjacent to an activating group) is 1. The highest BCUT2D eigenvalue weighted by molar-refractivity contribution is 7.80. The Morgan fingerprint density at radius 3 is 2.62 bits per heavy atom. The summed E-state index contributed by atoms with van der Waals surface area (Å²) in [6.07, 6.45) is 0. The highest BCUT2D eigenvalue weighted by Crippen LogP contribution is 2.12. The Hall–Kier alpha value is -0.700. The number of aliphatic carboxylic acids is 1. The number of carboxylic acids is 1. The van der Waals surface area contributed by atoms with Gasteiger partial charge in [-0.3, -0.25) is 9.69 Å². The summed E-state index contributed by atoms with van der Waals surface area (Å²) in [5.41, 5.74) is 0.732. The lowest BCUT2D eigenvalue weighted by molar-refractivity contribution is -0.138. The zero-order valence-electron chi connectivity index (χ0n) is 8.48. The van der Waals surface area contributed by atoms with Crippen LogP contribution in [0.4, 0.5) is 0 Å². The third kappa shape index (κ3) is 3.71. The first-order chi connectivity index (χ1) is 7.40. The lowest BCUT2D eigenvalue weighted by Crippen LogP contribution is -2.25. The number of hydrogen-bond acceptors (Lipinski definition) is 5. The van der Waals surface area contributed by atoms with Crippen LogP contribution in [0.15, 0.2) is 5.03 Å². The van der Waals surface area contributed by atoms with Gasteiger partial charge in [-0.05, 0) is 19.3 Å². The Bertz CT molecular complexity index is 508. The molecule has 1 aromatic rings. The number of aromatic amines is 2. The SMILES string of the molecule is CN(CC(=O)O)Cc1c(S)[nH]c(=S)[nH]c1=S. The number of nitrogens with zero attached hydrogens (tertiary/aromatic N) is 1. The van der Waals surface area contributed by atoms with Gasteiger partial charge in [-0.1, -0.05) is 12.2 Å². The molecule has 0 bridgehead atoms. The van der Waals surface area contributed by atoms with Crippen molar-refractivity contribution in [1.29, 1.82) is 0 Å². The predicted octanol–water partition coefficient (Wildman–Crippen LogP) is 1.61. The summed E-state index contributed by atoms with van der Waals surface area (Å²) in [4.78, 5) is 17.7. The summed E-state index contributed by atoms with van der Waals surface area (Å²) in [5, 5.41) is 9.19. The Kier molecular flexibility index (Phi) is 4.66. The van der Waals surface area contributed by atoms with Crippen LogP contribution in [0.5, 0.6) is 0 Å². The topological polar surface area (TPSA) is 72.1 Å². The Labute approximate surface area is 108 Å². The number of hydrogen-bond donors (Lipinski definition) is 4. The predicted molar refractivity (Wildman–Crippen MR) is 68.0 cm³/mol. The second-order valence-electron chi connectivity index (χ2n) is 3.30. The minimum atomic E-state index is -0.887. The van der Waals surface area contributed by atoms with Crippen molar-refractivity contribution in [1.82, 2.24) is 14.9 Å². The second kappa shape index (κ2) is 5.58. The van der Waals surface area contributed by atoms with Crippen molar-refractivity contribution in [3.8, 4) is 0 Å². The van der Waals surface area contributed by atoms with E-state index >= 15 is 0 Å². The van der Waals surface area contributed by atoms with Crippen molar-refractivity contribution in [2.75, 3.05) is 13.6 Å². The molecule has 0 fully saturated rings. The van der Waals surface area contributed by atoms with Gasteiger partial charge in [-0.25, -0.2) is 0 Å². The smallest absolute Gasteiger partial charge is 0.317 e. The number of carbonyl (C=O) groups is 1. The summed E-state index contributed by atoms with van der Waals surface area (Å²) in [7, 11) is 1.69. The monoisotopic (exact) mass is 277 g/mol. The molecule has 0 unspecified atom stereocenters. The van der Waals surface area contributed by atoms with Gasteiger partial charge in [0.1, 0.15) is 4.64 Å². The van der Waals surface area contributed by atoms with Gasteiger partial charge in [-0.15, -0.1) is 12.6 Å². The molecule has 0 aromatic carbocycles. The maximum atomic E-state index is 10.5. The number of nitrogens with one attached hydrogen (secondary N) is 2. The summed E-state index contributed by atoms with van der Waals surface area (Å²) >= 11 is 14.2. The van der Waals surface area contributed by atoms with E-state index in [4.69, 9.17) is 29.5 Å². The third-order valence-electron chi connectivity index (χ3n) is 1.85. The number of carboxylic acid groups (broad SMARTS) is 1. The number of aromatic nitrogens is 2. The molecule has 5 nitrogen and oxygen atoms in total. The van der Waals surface area contributed by atoms with Crippen LogP contribution in [0.3, 0.4) is 0 Å². The summed E-state index contributed by atoms with van der Waals surface area (Å²) in [6, 6.07) is 0. The van der Waals surface area contributed by atoms with Gasteiger partial charge in [0, 0.05) is 12.1 Å². The van der Waals surface area contributed by atoms with Gasteiger partial charge in [0.05, 0.1) is 11.6 Å². The average molecular weight is 277 g/mol. The van der Waals surface area contributed by atoms with Gasteiger partial charge in [0.15, 0.2) is 4.77 Å². The van der Waals surface area contributed by atoms with Crippen LogP contribution < -0.4 is 0 Å². The lowest BCUT2D eigenvalue weighted by Gasteiger charge is -2.14. The number of H-pyrrole nitrogens is 2. The molecule has 0 saturated carbocycles. The molecular weight excluding hydrogens is 266 g/mol. The molecule has 0 radical (unpaired) electrons. The van der Waals surface area contributed by atoms with Crippen LogP contribution in [-0.4, -0.2) is 39.5 Å². The van der Waals surface area contributed by atoms with Gasteiger partial charge in [-0.2, -0.15) is 0 Å². The maximum Gasteiger partial charge on any atom is 0.317 e. The van der Waals surface area contributed by atoms with Crippen LogP contribution >= 0.6 is 37.1 Å². The summed E-state index contributed by atoms with van der Waals surface area (Å²) in [5.74, 6) is -0.887. The van der Waals surface area contributed by atoms with E-state index in [1.807, 2.05) is 0 Å². The maximum absolute atomic E-state index is 10.5. The molecule has 0 atom stereocenters. The van der Waals surface area contributed by atoms with E-state index in [9.17, 15) is 4.79 Å². The fourth-order valence-electron chi connectivity index (χ4n) is 1.20. The fraction of sp³-hybridized carbons (Fsp3) is 0.375. The van der Waals surface area contributed by atoms with E-state index in [1.165, 1.54) is 0 Å². The minimum absolute atomic E-state index is 0.0579. The first-order valence-electron chi connectivity index (χ1n) is 4.35. The van der Waals surface area contributed by atoms with E-state index in [2.05, 4.69) is 22.6 Å². The quantitative estimate of drug-likeness (QED) is 0.382. The molecular formula is C8H11N3O2S3. The van der Waals surface area contributed by atoms with E-state index in [-0.39, 0.29) is 6.54 Å². The first kappa shape index (κ1) is 13.4. The van der Waals surface area contributed by atoms with Crippen molar-refractivity contribution >= 4 is 43.0 Å². The van der Waals surface area contributed by atoms with Gasteiger partial charge in [0.25, 0.3) is 0 Å². The van der Waals surface area contributed by atoms with Gasteiger partial charge >= 0.3 is 5.97 Å². The Balaban J connectivity index is 2.94. The highest BCUT2D eigenvalue weighted by Gasteiger charge is 2.09. The molecule has 0 spiro atoms. The molecule has 0 saturated heterocycles. The Morgan fingerprint density at radius 2 is 2.12 bits per heavy atom. The molecule has 0 aliphatic carbocycles. The molecule has 8 heteroatoms. The van der Waals surface area contributed by atoms with E-state index < -0.39 is 5.97 Å². The molecule has 16 heavy (non-hydrogen) atoms. The standard InChI is InChI=1S/C8H11N3O2S3/c1-11(3-5(12)13)2-4-6(14)9-8(16)10-7(4)15/h2-3H2,1H3,(H,12,13)(H3,9,10,14,15,16). The van der Waals surface area contributed by atoms with Crippen LogP contribution in [0.25, 0.3) is 0 Å². The van der Waals surface area contributed by atoms with Crippen molar-refractivity contribution in [2.24, 2.45) is 0 Å². The van der Waals surface area contributed by atoms with E-state index in [0.29, 0.717) is 21.0 Å².